The summed E-state index contributed by atoms with van der Waals surface area (Å²) >= 11 is 1.45. The number of H-pyrrole nitrogens is 1. The molecule has 31 heavy (non-hydrogen) atoms. The quantitative estimate of drug-likeness (QED) is 0.418. The molecule has 4 rings (SSSR count). The highest BCUT2D eigenvalue weighted by molar-refractivity contribution is 7.14. The number of anilines is 2. The largest absolute Gasteiger partial charge is 0.496 e. The van der Waals surface area contributed by atoms with Crippen LogP contribution in [-0.4, -0.2) is 49.5 Å². The molecular formula is C19H16N8O3S. The Bertz CT molecular complexity index is 1240. The van der Waals surface area contributed by atoms with Gasteiger partial charge in [-0.05, 0) is 28.6 Å². The van der Waals surface area contributed by atoms with Crippen molar-refractivity contribution in [3.8, 4) is 27.6 Å². The molecule has 11 nitrogen and oxygen atoms in total. The van der Waals surface area contributed by atoms with Gasteiger partial charge in [0.1, 0.15) is 5.75 Å². The summed E-state index contributed by atoms with van der Waals surface area (Å²) in [6.45, 7) is 1.46. The predicted octanol–water partition coefficient (Wildman–Crippen LogP) is 2.60. The zero-order chi connectivity index (χ0) is 21.8. The second kappa shape index (κ2) is 8.67. The Balaban J connectivity index is 1.61. The summed E-state index contributed by atoms with van der Waals surface area (Å²) < 4.78 is 5.39. The maximum absolute atomic E-state index is 12.5. The van der Waals surface area contributed by atoms with Crippen molar-refractivity contribution in [2.24, 2.45) is 0 Å². The standard InChI is InChI=1S/C19H16N8O3S/c1-10(28)21-12-6-17(31-9-12)15-8-20-7-14(22-15)11-3-4-13(16(5-11)30-2)18(29)23-19-24-26-27-25-19/h3-9H,1-2H3,(H,21,28)(H2,23,24,25,26,27,29). The number of amides is 2. The minimum Gasteiger partial charge on any atom is -0.496 e. The maximum atomic E-state index is 12.5. The van der Waals surface area contributed by atoms with Gasteiger partial charge in [0.05, 0.1) is 47.0 Å². The Morgan fingerprint density at radius 2 is 1.97 bits per heavy atom. The summed E-state index contributed by atoms with van der Waals surface area (Å²) in [5.41, 5.74) is 3.01. The molecule has 3 aromatic heterocycles. The number of aromatic amines is 1. The smallest absolute Gasteiger partial charge is 0.261 e. The van der Waals surface area contributed by atoms with Crippen molar-refractivity contribution in [3.63, 3.8) is 0 Å². The van der Waals surface area contributed by atoms with Crippen LogP contribution in [-0.2, 0) is 4.79 Å². The first-order valence-corrected chi connectivity index (χ1v) is 9.83. The van der Waals surface area contributed by atoms with E-state index in [-0.39, 0.29) is 11.9 Å². The highest BCUT2D eigenvalue weighted by Crippen LogP contribution is 2.31. The van der Waals surface area contributed by atoms with Gasteiger partial charge in [-0.15, -0.1) is 11.3 Å². The number of nitrogens with one attached hydrogen (secondary N) is 3. The van der Waals surface area contributed by atoms with Crippen molar-refractivity contribution in [1.29, 1.82) is 0 Å². The molecular weight excluding hydrogens is 420 g/mol. The van der Waals surface area contributed by atoms with Crippen molar-refractivity contribution in [2.45, 2.75) is 6.92 Å². The molecule has 0 fully saturated rings. The summed E-state index contributed by atoms with van der Waals surface area (Å²) in [4.78, 5) is 33.5. The minimum absolute atomic E-state index is 0.129. The molecule has 0 bridgehead atoms. The van der Waals surface area contributed by atoms with Crippen molar-refractivity contribution in [1.82, 2.24) is 30.6 Å². The SMILES string of the molecule is COc1cc(-c2cncc(-c3cc(NC(C)=O)cs3)n2)ccc1C(=O)Nc1nnn[nH]1. The second-order valence-corrected chi connectivity index (χ2v) is 7.20. The first kappa shape index (κ1) is 20.1. The molecule has 3 heterocycles. The lowest BCUT2D eigenvalue weighted by Gasteiger charge is -2.10. The predicted molar refractivity (Wildman–Crippen MR) is 114 cm³/mol. The molecule has 0 aliphatic rings. The van der Waals surface area contributed by atoms with E-state index in [1.54, 1.807) is 30.6 Å². The van der Waals surface area contributed by atoms with Crippen LogP contribution in [0, 0.1) is 0 Å². The molecule has 4 aromatic rings. The minimum atomic E-state index is -0.425. The van der Waals surface area contributed by atoms with E-state index in [1.165, 1.54) is 25.4 Å². The average molecular weight is 436 g/mol. The van der Waals surface area contributed by atoms with E-state index in [4.69, 9.17) is 4.74 Å². The lowest BCUT2D eigenvalue weighted by atomic mass is 10.1. The average Bonchev–Trinajstić information content (AvgIpc) is 3.45. The van der Waals surface area contributed by atoms with Crippen LogP contribution in [0.2, 0.25) is 0 Å². The van der Waals surface area contributed by atoms with E-state index in [0.717, 1.165) is 10.4 Å². The van der Waals surface area contributed by atoms with Crippen LogP contribution in [0.3, 0.4) is 0 Å². The van der Waals surface area contributed by atoms with Crippen LogP contribution < -0.4 is 15.4 Å². The van der Waals surface area contributed by atoms with Gasteiger partial charge in [-0.2, -0.15) is 0 Å². The fourth-order valence-electron chi connectivity index (χ4n) is 2.79. The van der Waals surface area contributed by atoms with Crippen LogP contribution in [0.5, 0.6) is 5.75 Å². The number of benzene rings is 1. The summed E-state index contributed by atoms with van der Waals surface area (Å²) in [7, 11) is 1.48. The number of ether oxygens (including phenoxy) is 1. The Labute approximate surface area is 179 Å². The second-order valence-electron chi connectivity index (χ2n) is 6.29. The number of carbonyl (C=O) groups is 2. The molecule has 156 valence electrons. The summed E-state index contributed by atoms with van der Waals surface area (Å²) in [6, 6.07) is 6.92. The van der Waals surface area contributed by atoms with Crippen molar-refractivity contribution in [3.05, 3.63) is 47.6 Å². The molecule has 0 spiro atoms. The van der Waals surface area contributed by atoms with Gasteiger partial charge >= 0.3 is 0 Å². The van der Waals surface area contributed by atoms with Gasteiger partial charge < -0.3 is 10.1 Å². The third kappa shape index (κ3) is 4.53. The number of aromatic nitrogens is 6. The Kier molecular flexibility index (Phi) is 5.62. The van der Waals surface area contributed by atoms with Crippen LogP contribution in [0.25, 0.3) is 21.8 Å². The molecule has 0 aliphatic carbocycles. The molecule has 0 saturated heterocycles. The topological polar surface area (TPSA) is 148 Å². The van der Waals surface area contributed by atoms with E-state index in [9.17, 15) is 9.59 Å². The maximum Gasteiger partial charge on any atom is 0.261 e. The summed E-state index contributed by atoms with van der Waals surface area (Å²) in [5, 5.41) is 20.0. The first-order chi connectivity index (χ1) is 15.0. The van der Waals surface area contributed by atoms with E-state index < -0.39 is 5.91 Å². The van der Waals surface area contributed by atoms with Gasteiger partial charge in [0.25, 0.3) is 5.91 Å². The molecule has 0 radical (unpaired) electrons. The molecule has 12 heteroatoms. The molecule has 2 amide bonds. The lowest BCUT2D eigenvalue weighted by Crippen LogP contribution is -2.14. The molecule has 0 aliphatic heterocycles. The lowest BCUT2D eigenvalue weighted by molar-refractivity contribution is -0.114. The number of hydrogen-bond donors (Lipinski definition) is 3. The van der Waals surface area contributed by atoms with Gasteiger partial charge in [0.2, 0.25) is 11.9 Å². The van der Waals surface area contributed by atoms with Gasteiger partial charge in [0, 0.05) is 17.9 Å². The highest BCUT2D eigenvalue weighted by Gasteiger charge is 2.16. The van der Waals surface area contributed by atoms with Gasteiger partial charge in [-0.25, -0.2) is 10.1 Å². The number of hydrogen-bond acceptors (Lipinski definition) is 9. The van der Waals surface area contributed by atoms with Gasteiger partial charge in [-0.1, -0.05) is 11.2 Å². The molecule has 0 atom stereocenters. The van der Waals surface area contributed by atoms with Gasteiger partial charge in [-0.3, -0.25) is 19.9 Å². The zero-order valence-corrected chi connectivity index (χ0v) is 17.2. The number of thiophene rings is 1. The molecule has 0 unspecified atom stereocenters. The Morgan fingerprint density at radius 3 is 2.71 bits per heavy atom. The van der Waals surface area contributed by atoms with E-state index >= 15 is 0 Å². The Morgan fingerprint density at radius 1 is 1.13 bits per heavy atom. The van der Waals surface area contributed by atoms with Crippen LogP contribution in [0.4, 0.5) is 11.6 Å². The number of rotatable bonds is 6. The van der Waals surface area contributed by atoms with Crippen molar-refractivity contribution in [2.75, 3.05) is 17.7 Å². The van der Waals surface area contributed by atoms with E-state index in [2.05, 4.69) is 41.2 Å². The fraction of sp³-hybridized carbons (Fsp3) is 0.105. The summed E-state index contributed by atoms with van der Waals surface area (Å²) in [6.07, 6.45) is 3.28. The molecule has 3 N–H and O–H groups in total. The number of tetrazole rings is 1. The van der Waals surface area contributed by atoms with Gasteiger partial charge in [0.15, 0.2) is 0 Å². The third-order valence-corrected chi connectivity index (χ3v) is 5.08. The monoisotopic (exact) mass is 436 g/mol. The number of nitrogens with zero attached hydrogens (tertiary/aromatic N) is 5. The first-order valence-electron chi connectivity index (χ1n) is 8.95. The van der Waals surface area contributed by atoms with E-state index in [1.807, 2.05) is 11.4 Å². The van der Waals surface area contributed by atoms with Crippen molar-refractivity contribution >= 4 is 34.8 Å². The van der Waals surface area contributed by atoms with E-state index in [0.29, 0.717) is 28.4 Å². The molecule has 1 aromatic carbocycles. The summed E-state index contributed by atoms with van der Waals surface area (Å²) in [5.74, 6) is -0.0751. The highest BCUT2D eigenvalue weighted by atomic mass is 32.1. The normalized spacial score (nSPS) is 10.5. The van der Waals surface area contributed by atoms with Crippen LogP contribution >= 0.6 is 11.3 Å². The van der Waals surface area contributed by atoms with Crippen molar-refractivity contribution < 1.29 is 14.3 Å². The molecule has 0 saturated carbocycles. The fourth-order valence-corrected chi connectivity index (χ4v) is 3.58. The van der Waals surface area contributed by atoms with Crippen LogP contribution in [0.15, 0.2) is 42.0 Å². The number of carbonyl (C=O) groups excluding carboxylic acids is 2. The number of methoxy groups -OCH3 is 1. The zero-order valence-electron chi connectivity index (χ0n) is 16.4. The Hall–Kier alpha value is -4.19. The van der Waals surface area contributed by atoms with Crippen LogP contribution in [0.1, 0.15) is 17.3 Å². The third-order valence-electron chi connectivity index (χ3n) is 4.13.